The van der Waals surface area contributed by atoms with Crippen LogP contribution in [0.3, 0.4) is 0 Å². The molecule has 1 aromatic heterocycles. The van der Waals surface area contributed by atoms with Gasteiger partial charge in [0.25, 0.3) is 0 Å². The maximum absolute atomic E-state index is 14.6. The van der Waals surface area contributed by atoms with Crippen molar-refractivity contribution in [3.8, 4) is 16.9 Å². The largest absolute Gasteiger partial charge is 0.494 e. The highest BCUT2D eigenvalue weighted by Crippen LogP contribution is 2.46. The molecule has 30 heavy (non-hydrogen) atoms. The number of ether oxygens (including phenoxy) is 1. The molecule has 0 radical (unpaired) electrons. The zero-order valence-electron chi connectivity index (χ0n) is 17.9. The average molecular weight is 434 g/mol. The fourth-order valence-electron chi connectivity index (χ4n) is 4.87. The maximum atomic E-state index is 14.6. The molecule has 2 aliphatic heterocycles. The summed E-state index contributed by atoms with van der Waals surface area (Å²) in [6, 6.07) is 8.74. The van der Waals surface area contributed by atoms with Crippen LogP contribution < -0.4 is 4.74 Å². The first-order chi connectivity index (χ1) is 13.9. The van der Waals surface area contributed by atoms with Gasteiger partial charge in [-0.05, 0) is 76.1 Å². The number of aromatic nitrogens is 1. The molecule has 3 heterocycles. The third-order valence-electron chi connectivity index (χ3n) is 6.45. The first kappa shape index (κ1) is 22.5. The second-order valence-electron chi connectivity index (χ2n) is 8.17. The quantitative estimate of drug-likeness (QED) is 0.717. The van der Waals surface area contributed by atoms with Crippen molar-refractivity contribution >= 4 is 18.3 Å². The smallest absolute Gasteiger partial charge is 0.242 e. The van der Waals surface area contributed by atoms with E-state index in [1.807, 2.05) is 45.0 Å². The number of hydrogen-bond donors (Lipinski definition) is 0. The molecule has 1 amide bonds. The Balaban J connectivity index is 0.00000256. The Bertz CT molecular complexity index is 954. The summed E-state index contributed by atoms with van der Waals surface area (Å²) in [6.07, 6.45) is 2.54. The van der Waals surface area contributed by atoms with Crippen molar-refractivity contribution in [1.29, 1.82) is 0 Å². The Kier molecular flexibility index (Phi) is 6.39. The minimum absolute atomic E-state index is 0. The van der Waals surface area contributed by atoms with Gasteiger partial charge in [0, 0.05) is 24.8 Å². The number of hydrogen-bond acceptors (Lipinski definition) is 4. The number of benzene rings is 1. The summed E-state index contributed by atoms with van der Waals surface area (Å²) in [4.78, 5) is 21.6. The van der Waals surface area contributed by atoms with E-state index in [1.165, 1.54) is 6.07 Å². The normalized spacial score (nSPS) is 23.8. The van der Waals surface area contributed by atoms with Crippen LogP contribution in [0.1, 0.15) is 43.6 Å². The van der Waals surface area contributed by atoms with Gasteiger partial charge in [-0.15, -0.1) is 12.4 Å². The predicted octanol–water partition coefficient (Wildman–Crippen LogP) is 4.38. The third-order valence-corrected chi connectivity index (χ3v) is 6.45. The fraction of sp³-hybridized carbons (Fsp3) is 0.478. The molecule has 162 valence electrons. The van der Waals surface area contributed by atoms with Crippen molar-refractivity contribution in [1.82, 2.24) is 14.8 Å². The van der Waals surface area contributed by atoms with Gasteiger partial charge in [0.05, 0.1) is 18.3 Å². The van der Waals surface area contributed by atoms with Gasteiger partial charge in [0.1, 0.15) is 17.1 Å². The molecule has 1 aromatic carbocycles. The number of likely N-dealkylation sites (N-methyl/N-ethyl adjacent to an activating group) is 2. The molecule has 0 N–H and O–H groups in total. The van der Waals surface area contributed by atoms with Gasteiger partial charge < -0.3 is 9.64 Å². The molecule has 0 aliphatic carbocycles. The summed E-state index contributed by atoms with van der Waals surface area (Å²) >= 11 is 0. The second-order valence-corrected chi connectivity index (χ2v) is 8.17. The average Bonchev–Trinajstić information content (AvgIpc) is 3.18. The van der Waals surface area contributed by atoms with E-state index in [-0.39, 0.29) is 30.2 Å². The summed E-state index contributed by atoms with van der Waals surface area (Å²) in [5.41, 5.74) is 2.60. The van der Waals surface area contributed by atoms with Gasteiger partial charge in [-0.1, -0.05) is 0 Å². The number of rotatable bonds is 4. The molecule has 2 saturated heterocycles. The number of carbonyl (C=O) groups excluding carboxylic acids is 1. The number of carbonyl (C=O) groups is 1. The SMILES string of the molecule is CCOc1ccc(F)c(-c2cc(C)nc([C@@H]3CC[C@]4(CCN(C)C4=O)N3C)c2)c1.Cl. The van der Waals surface area contributed by atoms with Gasteiger partial charge >= 0.3 is 0 Å². The summed E-state index contributed by atoms with van der Waals surface area (Å²) in [5.74, 6) is 0.566. The molecular formula is C23H29ClFN3O2. The summed E-state index contributed by atoms with van der Waals surface area (Å²) in [6.45, 7) is 5.16. The van der Waals surface area contributed by atoms with Crippen molar-refractivity contribution in [3.05, 3.63) is 47.5 Å². The van der Waals surface area contributed by atoms with Gasteiger partial charge in [-0.3, -0.25) is 14.7 Å². The van der Waals surface area contributed by atoms with Crippen molar-refractivity contribution < 1.29 is 13.9 Å². The van der Waals surface area contributed by atoms with E-state index in [0.29, 0.717) is 17.9 Å². The standard InChI is InChI=1S/C23H28FN3O2.ClH/c1-5-29-17-6-7-19(24)18(14-17)16-12-15(2)25-20(13-16)21-8-9-23(27(21)4)10-11-26(3)22(23)28;/h6-7,12-14,21H,5,8-11H2,1-4H3;1H/t21-,23+;/m0./s1. The Morgan fingerprint density at radius 1 is 1.23 bits per heavy atom. The summed E-state index contributed by atoms with van der Waals surface area (Å²) in [7, 11) is 3.89. The highest BCUT2D eigenvalue weighted by Gasteiger charge is 2.54. The van der Waals surface area contributed by atoms with E-state index in [0.717, 1.165) is 42.8 Å². The molecule has 7 heteroatoms. The molecule has 5 nitrogen and oxygen atoms in total. The topological polar surface area (TPSA) is 45.7 Å². The van der Waals surface area contributed by atoms with E-state index >= 15 is 0 Å². The van der Waals surface area contributed by atoms with Gasteiger partial charge in [0.15, 0.2) is 0 Å². The summed E-state index contributed by atoms with van der Waals surface area (Å²) in [5, 5.41) is 0. The van der Waals surface area contributed by atoms with Crippen LogP contribution in [0.25, 0.3) is 11.1 Å². The lowest BCUT2D eigenvalue weighted by Gasteiger charge is -2.33. The van der Waals surface area contributed by atoms with E-state index in [2.05, 4.69) is 4.90 Å². The molecule has 0 saturated carbocycles. The van der Waals surface area contributed by atoms with E-state index < -0.39 is 5.54 Å². The fourth-order valence-corrected chi connectivity index (χ4v) is 4.87. The first-order valence-corrected chi connectivity index (χ1v) is 10.3. The van der Waals surface area contributed by atoms with Crippen molar-refractivity contribution in [3.63, 3.8) is 0 Å². The minimum Gasteiger partial charge on any atom is -0.494 e. The monoisotopic (exact) mass is 433 g/mol. The van der Waals surface area contributed by atoms with Crippen LogP contribution in [-0.2, 0) is 4.79 Å². The van der Waals surface area contributed by atoms with Gasteiger partial charge in [-0.2, -0.15) is 0 Å². The number of halogens is 2. The van der Waals surface area contributed by atoms with Crippen LogP contribution >= 0.6 is 12.4 Å². The molecule has 0 unspecified atom stereocenters. The number of likely N-dealkylation sites (tertiary alicyclic amines) is 2. The molecule has 2 aliphatic rings. The number of pyridine rings is 1. The highest BCUT2D eigenvalue weighted by molar-refractivity contribution is 5.88. The zero-order valence-corrected chi connectivity index (χ0v) is 18.8. The van der Waals surface area contributed by atoms with E-state index in [4.69, 9.17) is 9.72 Å². The Morgan fingerprint density at radius 2 is 2.00 bits per heavy atom. The maximum Gasteiger partial charge on any atom is 0.242 e. The molecule has 2 aromatic rings. The first-order valence-electron chi connectivity index (χ1n) is 10.3. The Hall–Kier alpha value is -2.18. The van der Waals surface area contributed by atoms with Crippen LogP contribution in [0.5, 0.6) is 5.75 Å². The highest BCUT2D eigenvalue weighted by atomic mass is 35.5. The molecule has 2 fully saturated rings. The molecular weight excluding hydrogens is 405 g/mol. The molecule has 0 bridgehead atoms. The minimum atomic E-state index is -0.425. The second kappa shape index (κ2) is 8.52. The lowest BCUT2D eigenvalue weighted by molar-refractivity contribution is -0.135. The van der Waals surface area contributed by atoms with Gasteiger partial charge in [0.2, 0.25) is 5.91 Å². The lowest BCUT2D eigenvalue weighted by atomic mass is 9.95. The van der Waals surface area contributed by atoms with Crippen LogP contribution in [0.4, 0.5) is 4.39 Å². The van der Waals surface area contributed by atoms with Crippen LogP contribution in [0.15, 0.2) is 30.3 Å². The van der Waals surface area contributed by atoms with Gasteiger partial charge in [-0.25, -0.2) is 4.39 Å². The number of aryl methyl sites for hydroxylation is 1. The number of amides is 1. The van der Waals surface area contributed by atoms with E-state index in [9.17, 15) is 9.18 Å². The summed E-state index contributed by atoms with van der Waals surface area (Å²) < 4.78 is 20.2. The molecule has 4 rings (SSSR count). The zero-order chi connectivity index (χ0) is 20.8. The third kappa shape index (κ3) is 3.67. The van der Waals surface area contributed by atoms with Crippen molar-refractivity contribution in [2.75, 3.05) is 27.2 Å². The number of nitrogens with zero attached hydrogens (tertiary/aromatic N) is 3. The molecule has 2 atom stereocenters. The molecule has 1 spiro atoms. The predicted molar refractivity (Wildman–Crippen MR) is 118 cm³/mol. The Labute approximate surface area is 183 Å². The Morgan fingerprint density at radius 3 is 2.67 bits per heavy atom. The van der Waals surface area contributed by atoms with Crippen molar-refractivity contribution in [2.24, 2.45) is 0 Å². The van der Waals surface area contributed by atoms with Crippen molar-refractivity contribution in [2.45, 2.75) is 44.7 Å². The van der Waals surface area contributed by atoms with E-state index in [1.54, 1.807) is 12.1 Å². The lowest BCUT2D eigenvalue weighted by Crippen LogP contribution is -2.48. The van der Waals surface area contributed by atoms with Crippen LogP contribution in [0.2, 0.25) is 0 Å². The van der Waals surface area contributed by atoms with Crippen LogP contribution in [0, 0.1) is 12.7 Å². The van der Waals surface area contributed by atoms with Crippen LogP contribution in [-0.4, -0.2) is 53.5 Å².